The van der Waals surface area contributed by atoms with Gasteiger partial charge in [0.05, 0.1) is 5.69 Å². The third kappa shape index (κ3) is 9.41. The number of hydrogen-bond acceptors (Lipinski definition) is 6. The zero-order chi connectivity index (χ0) is 26.9. The number of carbonyl (C=O) groups excluding carboxylic acids is 1. The number of amides is 1. The first-order chi connectivity index (χ1) is 17.5. The summed E-state index contributed by atoms with van der Waals surface area (Å²) in [6.45, 7) is 16.6. The van der Waals surface area contributed by atoms with Gasteiger partial charge >= 0.3 is 0 Å². The van der Waals surface area contributed by atoms with Crippen molar-refractivity contribution in [3.8, 4) is 22.8 Å². The van der Waals surface area contributed by atoms with Crippen molar-refractivity contribution in [3.05, 3.63) is 84.0 Å². The SMILES string of the molecule is CC.CC.CCNC(=O)c1cccc(-c2cc(C(C)C)on2)n1.Cc1ccc(-c2ncccn2)cc1. The first-order valence-corrected chi connectivity index (χ1v) is 12.5. The van der Waals surface area contributed by atoms with Crippen molar-refractivity contribution in [1.29, 1.82) is 0 Å². The first-order valence-electron chi connectivity index (χ1n) is 12.5. The van der Waals surface area contributed by atoms with Gasteiger partial charge in [-0.1, -0.05) is 82.6 Å². The Labute approximate surface area is 215 Å². The minimum absolute atomic E-state index is 0.183. The van der Waals surface area contributed by atoms with Crippen LogP contribution in [0.25, 0.3) is 22.8 Å². The second kappa shape index (κ2) is 16.7. The van der Waals surface area contributed by atoms with Crippen molar-refractivity contribution in [2.75, 3.05) is 6.54 Å². The zero-order valence-electron chi connectivity index (χ0n) is 22.7. The Bertz CT molecular complexity index is 1140. The highest BCUT2D eigenvalue weighted by Gasteiger charge is 2.12. The standard InChI is InChI=1S/C14H17N3O2.C11H10N2.2C2H6/c1-4-15-14(18)11-7-5-6-10(16-11)12-8-13(9(2)3)19-17-12;1-9-3-5-10(6-4-9)11-12-7-2-8-13-11;2*1-2/h5-9H,4H2,1-3H3,(H,15,18);2-8H,1H3;2*1-2H3. The van der Waals surface area contributed by atoms with Gasteiger partial charge in [0.15, 0.2) is 5.82 Å². The molecule has 0 unspecified atom stereocenters. The van der Waals surface area contributed by atoms with E-state index in [2.05, 4.69) is 44.5 Å². The molecule has 3 heterocycles. The summed E-state index contributed by atoms with van der Waals surface area (Å²) in [6, 6.07) is 17.1. The number of hydrogen-bond donors (Lipinski definition) is 1. The topological polar surface area (TPSA) is 93.8 Å². The monoisotopic (exact) mass is 489 g/mol. The van der Waals surface area contributed by atoms with Crippen LogP contribution < -0.4 is 5.32 Å². The largest absolute Gasteiger partial charge is 0.360 e. The molecule has 0 aliphatic rings. The molecular formula is C29H39N5O2. The maximum atomic E-state index is 11.7. The summed E-state index contributed by atoms with van der Waals surface area (Å²) in [5, 5.41) is 6.70. The molecule has 1 N–H and O–H groups in total. The molecule has 1 amide bonds. The molecule has 0 aliphatic carbocycles. The van der Waals surface area contributed by atoms with Gasteiger partial charge in [0, 0.05) is 36.5 Å². The molecule has 4 rings (SSSR count). The quantitative estimate of drug-likeness (QED) is 0.321. The van der Waals surface area contributed by atoms with Crippen molar-refractivity contribution < 1.29 is 9.32 Å². The number of nitrogens with zero attached hydrogens (tertiary/aromatic N) is 4. The van der Waals surface area contributed by atoms with Crippen molar-refractivity contribution >= 4 is 5.91 Å². The van der Waals surface area contributed by atoms with E-state index in [1.807, 2.05) is 78.8 Å². The number of aryl methyl sites for hydroxylation is 1. The summed E-state index contributed by atoms with van der Waals surface area (Å²) < 4.78 is 5.24. The number of pyridine rings is 1. The molecule has 0 atom stereocenters. The van der Waals surface area contributed by atoms with Crippen LogP contribution in [0.2, 0.25) is 0 Å². The van der Waals surface area contributed by atoms with Gasteiger partial charge in [0.25, 0.3) is 5.91 Å². The van der Waals surface area contributed by atoms with Gasteiger partial charge in [-0.15, -0.1) is 0 Å². The predicted octanol–water partition coefficient (Wildman–Crippen LogP) is 7.11. The zero-order valence-corrected chi connectivity index (χ0v) is 22.7. The van der Waals surface area contributed by atoms with Gasteiger partial charge in [-0.05, 0) is 32.0 Å². The van der Waals surface area contributed by atoms with Crippen LogP contribution in [0.4, 0.5) is 0 Å². The molecule has 0 spiro atoms. The van der Waals surface area contributed by atoms with Crippen LogP contribution >= 0.6 is 0 Å². The molecule has 192 valence electrons. The maximum absolute atomic E-state index is 11.7. The molecular weight excluding hydrogens is 450 g/mol. The molecule has 0 fully saturated rings. The van der Waals surface area contributed by atoms with E-state index in [0.29, 0.717) is 23.6 Å². The van der Waals surface area contributed by atoms with E-state index < -0.39 is 0 Å². The lowest BCUT2D eigenvalue weighted by molar-refractivity contribution is 0.0951. The second-order valence-electron chi connectivity index (χ2n) is 7.48. The van der Waals surface area contributed by atoms with E-state index in [0.717, 1.165) is 17.1 Å². The van der Waals surface area contributed by atoms with Crippen LogP contribution in [0.3, 0.4) is 0 Å². The molecule has 1 aromatic carbocycles. The van der Waals surface area contributed by atoms with E-state index in [1.54, 1.807) is 24.5 Å². The van der Waals surface area contributed by atoms with Gasteiger partial charge in [0.1, 0.15) is 17.1 Å². The van der Waals surface area contributed by atoms with Crippen molar-refractivity contribution in [2.24, 2.45) is 0 Å². The lowest BCUT2D eigenvalue weighted by Crippen LogP contribution is -2.23. The van der Waals surface area contributed by atoms with Crippen LogP contribution in [-0.4, -0.2) is 32.6 Å². The molecule has 0 bridgehead atoms. The molecule has 0 saturated heterocycles. The Morgan fingerprint density at radius 1 is 0.917 bits per heavy atom. The number of benzene rings is 1. The number of carbonyl (C=O) groups is 1. The van der Waals surface area contributed by atoms with Crippen molar-refractivity contribution in [1.82, 2.24) is 25.4 Å². The average molecular weight is 490 g/mol. The lowest BCUT2D eigenvalue weighted by Gasteiger charge is -2.02. The van der Waals surface area contributed by atoms with Gasteiger partial charge in [-0.3, -0.25) is 4.79 Å². The van der Waals surface area contributed by atoms with Crippen LogP contribution in [-0.2, 0) is 0 Å². The smallest absolute Gasteiger partial charge is 0.269 e. The lowest BCUT2D eigenvalue weighted by atomic mass is 10.1. The van der Waals surface area contributed by atoms with Crippen molar-refractivity contribution in [2.45, 2.75) is 61.3 Å². The first kappa shape index (κ1) is 30.2. The Morgan fingerprint density at radius 3 is 2.11 bits per heavy atom. The normalized spacial score (nSPS) is 9.58. The van der Waals surface area contributed by atoms with E-state index in [9.17, 15) is 4.79 Å². The Morgan fingerprint density at radius 2 is 1.56 bits per heavy atom. The number of aromatic nitrogens is 4. The molecule has 7 heteroatoms. The molecule has 0 saturated carbocycles. The van der Waals surface area contributed by atoms with E-state index in [4.69, 9.17) is 4.52 Å². The highest BCUT2D eigenvalue weighted by atomic mass is 16.5. The van der Waals surface area contributed by atoms with Gasteiger partial charge < -0.3 is 9.84 Å². The van der Waals surface area contributed by atoms with Crippen LogP contribution in [0.5, 0.6) is 0 Å². The Kier molecular flexibility index (Phi) is 14.0. The summed E-state index contributed by atoms with van der Waals surface area (Å²) >= 11 is 0. The van der Waals surface area contributed by atoms with E-state index in [1.165, 1.54) is 5.56 Å². The number of nitrogens with one attached hydrogen (secondary N) is 1. The summed E-state index contributed by atoms with van der Waals surface area (Å²) in [6.07, 6.45) is 3.50. The molecule has 4 aromatic rings. The van der Waals surface area contributed by atoms with Gasteiger partial charge in [0.2, 0.25) is 0 Å². The number of rotatable bonds is 5. The van der Waals surface area contributed by atoms with E-state index in [-0.39, 0.29) is 11.8 Å². The molecule has 0 radical (unpaired) electrons. The van der Waals surface area contributed by atoms with Crippen LogP contribution in [0.1, 0.15) is 76.2 Å². The summed E-state index contributed by atoms with van der Waals surface area (Å²) in [4.78, 5) is 24.4. The minimum Gasteiger partial charge on any atom is -0.360 e. The van der Waals surface area contributed by atoms with Crippen LogP contribution in [0.15, 0.2) is 71.5 Å². The highest BCUT2D eigenvalue weighted by Crippen LogP contribution is 2.22. The summed E-state index contributed by atoms with van der Waals surface area (Å²) in [5.41, 5.74) is 3.98. The third-order valence-electron chi connectivity index (χ3n) is 4.55. The second-order valence-corrected chi connectivity index (χ2v) is 7.48. The van der Waals surface area contributed by atoms with Gasteiger partial charge in [-0.25, -0.2) is 15.0 Å². The van der Waals surface area contributed by atoms with Crippen molar-refractivity contribution in [3.63, 3.8) is 0 Å². The predicted molar refractivity (Wildman–Crippen MR) is 147 cm³/mol. The summed E-state index contributed by atoms with van der Waals surface area (Å²) in [5.74, 6) is 1.67. The molecule has 0 aliphatic heterocycles. The Hall–Kier alpha value is -3.87. The van der Waals surface area contributed by atoms with E-state index >= 15 is 0 Å². The minimum atomic E-state index is -0.183. The maximum Gasteiger partial charge on any atom is 0.269 e. The fourth-order valence-corrected chi connectivity index (χ4v) is 2.79. The average Bonchev–Trinajstić information content (AvgIpc) is 3.44. The van der Waals surface area contributed by atoms with Crippen LogP contribution in [0, 0.1) is 6.92 Å². The molecule has 3 aromatic heterocycles. The molecule has 36 heavy (non-hydrogen) atoms. The third-order valence-corrected chi connectivity index (χ3v) is 4.55. The Balaban J connectivity index is 0.000000332. The summed E-state index contributed by atoms with van der Waals surface area (Å²) in [7, 11) is 0. The fraction of sp³-hybridized carbons (Fsp3) is 0.345. The molecule has 7 nitrogen and oxygen atoms in total. The fourth-order valence-electron chi connectivity index (χ4n) is 2.79. The van der Waals surface area contributed by atoms with Gasteiger partial charge in [-0.2, -0.15) is 0 Å². The highest BCUT2D eigenvalue weighted by molar-refractivity contribution is 5.92.